The molecule has 2 aromatic carbocycles. The summed E-state index contributed by atoms with van der Waals surface area (Å²) in [7, 11) is 1.81. The summed E-state index contributed by atoms with van der Waals surface area (Å²) in [6, 6.07) is 17.9. The van der Waals surface area contributed by atoms with Crippen LogP contribution in [0.15, 0.2) is 59.8 Å². The molecule has 4 aromatic rings. The number of thioether (sulfide) groups is 1. The molecule has 0 bridgehead atoms. The number of carbonyl (C=O) groups is 1. The number of hydrogen-bond donors (Lipinski definition) is 0. The van der Waals surface area contributed by atoms with Crippen molar-refractivity contribution in [2.45, 2.75) is 24.7 Å². The summed E-state index contributed by atoms with van der Waals surface area (Å²) in [5.74, 6) is 0.275. The Kier molecular flexibility index (Phi) is 5.86. The van der Waals surface area contributed by atoms with E-state index in [9.17, 15) is 4.79 Å². The van der Waals surface area contributed by atoms with E-state index in [2.05, 4.69) is 20.5 Å². The molecule has 1 unspecified atom stereocenters. The number of thiazole rings is 1. The van der Waals surface area contributed by atoms with Crippen LogP contribution in [0.1, 0.15) is 23.5 Å². The second kappa shape index (κ2) is 8.71. The Bertz CT molecular complexity index is 1080. The van der Waals surface area contributed by atoms with E-state index in [0.717, 1.165) is 20.8 Å². The molecule has 0 radical (unpaired) electrons. The minimum absolute atomic E-state index is 0.0102. The van der Waals surface area contributed by atoms with Crippen molar-refractivity contribution in [3.8, 4) is 0 Å². The van der Waals surface area contributed by atoms with Crippen molar-refractivity contribution in [3.63, 3.8) is 0 Å². The molecule has 0 saturated carbocycles. The Morgan fingerprint density at radius 3 is 2.72 bits per heavy atom. The van der Waals surface area contributed by atoms with Crippen LogP contribution in [0.25, 0.3) is 10.2 Å². The van der Waals surface area contributed by atoms with Gasteiger partial charge >= 0.3 is 0 Å². The van der Waals surface area contributed by atoms with Crippen molar-refractivity contribution in [1.82, 2.24) is 30.1 Å². The van der Waals surface area contributed by atoms with Gasteiger partial charge in [-0.15, -0.1) is 16.4 Å². The molecule has 0 saturated heterocycles. The van der Waals surface area contributed by atoms with Crippen molar-refractivity contribution < 1.29 is 4.79 Å². The van der Waals surface area contributed by atoms with Gasteiger partial charge in [-0.05, 0) is 35.0 Å². The summed E-state index contributed by atoms with van der Waals surface area (Å²) in [6.45, 7) is 2.57. The SMILES string of the molecule is CC(c1nc2ccccc2s1)N(C)C(=O)CSc1nnnn1Cc1ccccc1. The molecule has 148 valence electrons. The van der Waals surface area contributed by atoms with Crippen LogP contribution in [0, 0.1) is 0 Å². The van der Waals surface area contributed by atoms with E-state index in [1.54, 1.807) is 20.9 Å². The van der Waals surface area contributed by atoms with E-state index < -0.39 is 0 Å². The van der Waals surface area contributed by atoms with Crippen LogP contribution < -0.4 is 0 Å². The minimum atomic E-state index is -0.0965. The third-order valence-electron chi connectivity index (χ3n) is 4.64. The first-order valence-electron chi connectivity index (χ1n) is 9.16. The normalized spacial score (nSPS) is 12.2. The van der Waals surface area contributed by atoms with E-state index in [-0.39, 0.29) is 17.7 Å². The maximum Gasteiger partial charge on any atom is 0.233 e. The summed E-state index contributed by atoms with van der Waals surface area (Å²) in [5.41, 5.74) is 2.07. The van der Waals surface area contributed by atoms with Crippen LogP contribution in [0.3, 0.4) is 0 Å². The number of amides is 1. The number of nitrogens with zero attached hydrogens (tertiary/aromatic N) is 6. The number of benzene rings is 2. The average molecular weight is 425 g/mol. The molecule has 29 heavy (non-hydrogen) atoms. The highest BCUT2D eigenvalue weighted by Gasteiger charge is 2.21. The molecule has 0 N–H and O–H groups in total. The van der Waals surface area contributed by atoms with Crippen molar-refractivity contribution in [3.05, 3.63) is 65.2 Å². The molecule has 0 aliphatic rings. The summed E-state index contributed by atoms with van der Waals surface area (Å²) in [6.07, 6.45) is 0. The molecular weight excluding hydrogens is 404 g/mol. The zero-order valence-corrected chi connectivity index (χ0v) is 17.7. The van der Waals surface area contributed by atoms with Gasteiger partial charge in [0.2, 0.25) is 11.1 Å². The summed E-state index contributed by atoms with van der Waals surface area (Å²) < 4.78 is 2.84. The molecule has 9 heteroatoms. The topological polar surface area (TPSA) is 76.8 Å². The quantitative estimate of drug-likeness (QED) is 0.422. The van der Waals surface area contributed by atoms with Gasteiger partial charge in [0, 0.05) is 7.05 Å². The lowest BCUT2D eigenvalue weighted by molar-refractivity contribution is -0.128. The minimum Gasteiger partial charge on any atom is -0.336 e. The lowest BCUT2D eigenvalue weighted by Crippen LogP contribution is -2.31. The van der Waals surface area contributed by atoms with E-state index in [4.69, 9.17) is 0 Å². The smallest absolute Gasteiger partial charge is 0.233 e. The fourth-order valence-corrected chi connectivity index (χ4v) is 4.70. The summed E-state index contributed by atoms with van der Waals surface area (Å²) in [5, 5.41) is 13.4. The first-order valence-corrected chi connectivity index (χ1v) is 11.0. The predicted octanol–water partition coefficient (Wildman–Crippen LogP) is 3.64. The third-order valence-corrected chi connectivity index (χ3v) is 6.79. The van der Waals surface area contributed by atoms with Gasteiger partial charge < -0.3 is 4.90 Å². The highest BCUT2D eigenvalue weighted by Crippen LogP contribution is 2.29. The van der Waals surface area contributed by atoms with Crippen LogP contribution >= 0.6 is 23.1 Å². The van der Waals surface area contributed by atoms with Crippen LogP contribution in [-0.4, -0.2) is 48.8 Å². The fourth-order valence-electron chi connectivity index (χ4n) is 2.83. The van der Waals surface area contributed by atoms with Gasteiger partial charge in [0.15, 0.2) is 0 Å². The zero-order valence-electron chi connectivity index (χ0n) is 16.1. The second-order valence-corrected chi connectivity index (χ2v) is 8.60. The lowest BCUT2D eigenvalue weighted by Gasteiger charge is -2.23. The Balaban J connectivity index is 1.39. The van der Waals surface area contributed by atoms with Crippen LogP contribution in [0.4, 0.5) is 0 Å². The Morgan fingerprint density at radius 2 is 1.93 bits per heavy atom. The van der Waals surface area contributed by atoms with Crippen molar-refractivity contribution in [2.24, 2.45) is 0 Å². The standard InChI is InChI=1S/C20H20N6OS2/c1-14(19-21-16-10-6-7-11-17(16)29-19)25(2)18(27)13-28-20-22-23-24-26(20)12-15-8-4-3-5-9-15/h3-11,14H,12-13H2,1-2H3. The molecule has 0 aliphatic carbocycles. The van der Waals surface area contributed by atoms with Crippen molar-refractivity contribution in [1.29, 1.82) is 0 Å². The number of aromatic nitrogens is 5. The number of para-hydroxylation sites is 1. The molecule has 7 nitrogen and oxygen atoms in total. The highest BCUT2D eigenvalue weighted by atomic mass is 32.2. The van der Waals surface area contributed by atoms with Gasteiger partial charge in [-0.1, -0.05) is 54.2 Å². The molecule has 0 fully saturated rings. The first-order chi connectivity index (χ1) is 14.1. The molecule has 0 aliphatic heterocycles. The van der Waals surface area contributed by atoms with E-state index in [1.807, 2.05) is 68.6 Å². The second-order valence-electron chi connectivity index (χ2n) is 6.59. The molecular formula is C20H20N6OS2. The van der Waals surface area contributed by atoms with Gasteiger partial charge in [0.1, 0.15) is 5.01 Å². The van der Waals surface area contributed by atoms with E-state index in [1.165, 1.54) is 11.8 Å². The van der Waals surface area contributed by atoms with Gasteiger partial charge in [-0.3, -0.25) is 4.79 Å². The Hall–Kier alpha value is -2.78. The van der Waals surface area contributed by atoms with Crippen molar-refractivity contribution in [2.75, 3.05) is 12.8 Å². The molecule has 1 atom stereocenters. The average Bonchev–Trinajstić information content (AvgIpc) is 3.38. The molecule has 2 heterocycles. The third kappa shape index (κ3) is 4.46. The number of carbonyl (C=O) groups excluding carboxylic acids is 1. The molecule has 0 spiro atoms. The number of tetrazole rings is 1. The molecule has 1 amide bonds. The van der Waals surface area contributed by atoms with Gasteiger partial charge in [0.25, 0.3) is 0 Å². The largest absolute Gasteiger partial charge is 0.336 e. The van der Waals surface area contributed by atoms with Gasteiger partial charge in [-0.25, -0.2) is 9.67 Å². The summed E-state index contributed by atoms with van der Waals surface area (Å²) in [4.78, 5) is 19.1. The van der Waals surface area contributed by atoms with Crippen molar-refractivity contribution >= 4 is 39.2 Å². The summed E-state index contributed by atoms with van der Waals surface area (Å²) >= 11 is 2.97. The fraction of sp³-hybridized carbons (Fsp3) is 0.250. The first kappa shape index (κ1) is 19.5. The Labute approximate surface area is 176 Å². The maximum absolute atomic E-state index is 12.7. The predicted molar refractivity (Wildman–Crippen MR) is 115 cm³/mol. The van der Waals surface area contributed by atoms with Gasteiger partial charge in [-0.2, -0.15) is 0 Å². The number of rotatable bonds is 7. The Morgan fingerprint density at radius 1 is 1.17 bits per heavy atom. The lowest BCUT2D eigenvalue weighted by atomic mass is 10.2. The molecule has 2 aromatic heterocycles. The van der Waals surface area contributed by atoms with Crippen LogP contribution in [0.2, 0.25) is 0 Å². The van der Waals surface area contributed by atoms with E-state index >= 15 is 0 Å². The van der Waals surface area contributed by atoms with Gasteiger partial charge in [0.05, 0.1) is 28.6 Å². The van der Waals surface area contributed by atoms with E-state index in [0.29, 0.717) is 11.7 Å². The molecule has 4 rings (SSSR count). The monoisotopic (exact) mass is 424 g/mol. The maximum atomic E-state index is 12.7. The zero-order chi connectivity index (χ0) is 20.2. The van der Waals surface area contributed by atoms with Crippen LogP contribution in [-0.2, 0) is 11.3 Å². The van der Waals surface area contributed by atoms with Crippen LogP contribution in [0.5, 0.6) is 0 Å². The number of hydrogen-bond acceptors (Lipinski definition) is 7. The number of fused-ring (bicyclic) bond motifs is 1. The highest BCUT2D eigenvalue weighted by molar-refractivity contribution is 7.99.